The van der Waals surface area contributed by atoms with E-state index >= 15 is 0 Å². The van der Waals surface area contributed by atoms with Crippen molar-refractivity contribution in [2.24, 2.45) is 0 Å². The van der Waals surface area contributed by atoms with Gasteiger partial charge in [0.1, 0.15) is 5.54 Å². The minimum absolute atomic E-state index is 0.0912. The lowest BCUT2D eigenvalue weighted by Gasteiger charge is -2.35. The summed E-state index contributed by atoms with van der Waals surface area (Å²) in [4.78, 5) is 16.6. The molecule has 1 amide bonds. The van der Waals surface area contributed by atoms with Gasteiger partial charge in [-0.25, -0.2) is 17.4 Å². The number of alkyl halides is 2. The van der Waals surface area contributed by atoms with E-state index in [1.54, 1.807) is 18.2 Å². The molecule has 0 radical (unpaired) electrons. The van der Waals surface area contributed by atoms with E-state index in [-0.39, 0.29) is 10.5 Å². The Bertz CT molecular complexity index is 1200. The third-order valence-electron chi connectivity index (χ3n) is 4.63. The van der Waals surface area contributed by atoms with Gasteiger partial charge in [0.15, 0.2) is 5.65 Å². The maximum atomic E-state index is 13.0. The predicted octanol–water partition coefficient (Wildman–Crippen LogP) is 2.64. The lowest BCUT2D eigenvalue weighted by Crippen LogP contribution is -2.53. The lowest BCUT2D eigenvalue weighted by molar-refractivity contribution is -0.146. The van der Waals surface area contributed by atoms with Crippen molar-refractivity contribution in [2.75, 3.05) is 17.2 Å². The molecule has 152 valence electrons. The van der Waals surface area contributed by atoms with Crippen LogP contribution in [-0.4, -0.2) is 42.0 Å². The highest BCUT2D eigenvalue weighted by molar-refractivity contribution is 7.90. The number of carbonyl (C=O) groups is 1. The second kappa shape index (κ2) is 6.78. The molecule has 0 unspecified atom stereocenters. The molecular formula is C18H16F2N4O4S. The van der Waals surface area contributed by atoms with Crippen molar-refractivity contribution in [1.82, 2.24) is 8.96 Å². The largest absolute Gasteiger partial charge is 0.367 e. The molecule has 4 rings (SSSR count). The van der Waals surface area contributed by atoms with Gasteiger partial charge in [0.25, 0.3) is 15.9 Å². The Morgan fingerprint density at radius 2 is 1.97 bits per heavy atom. The number of hydrogen-bond donors (Lipinski definition) is 2. The standard InChI is InChI=1S/C18H16F2N4O4S/c1-18(10-28-17(19)20)16(25)22-13-9-21-15-12(14(13)23-18)7-8-24(15)29(26,27)11-5-3-2-4-6-11/h2-9,17,23H,10H2,1H3,(H,22,25)/t18-/m0/s1. The molecule has 8 nitrogen and oxygen atoms in total. The topological polar surface area (TPSA) is 102 Å². The van der Waals surface area contributed by atoms with E-state index in [0.29, 0.717) is 16.8 Å². The minimum atomic E-state index is -3.89. The van der Waals surface area contributed by atoms with Crippen molar-refractivity contribution in [2.45, 2.75) is 24.0 Å². The molecule has 0 bridgehead atoms. The van der Waals surface area contributed by atoms with Crippen LogP contribution in [0.2, 0.25) is 0 Å². The second-order valence-corrected chi connectivity index (χ2v) is 8.51. The predicted molar refractivity (Wildman–Crippen MR) is 101 cm³/mol. The van der Waals surface area contributed by atoms with Gasteiger partial charge in [0.05, 0.1) is 29.1 Å². The first-order valence-corrected chi connectivity index (χ1v) is 9.96. The van der Waals surface area contributed by atoms with E-state index in [1.807, 2.05) is 0 Å². The van der Waals surface area contributed by atoms with Crippen LogP contribution in [0.25, 0.3) is 11.0 Å². The summed E-state index contributed by atoms with van der Waals surface area (Å²) < 4.78 is 56.2. The van der Waals surface area contributed by atoms with Crippen molar-refractivity contribution >= 4 is 38.3 Å². The smallest absolute Gasteiger partial charge is 0.345 e. The SMILES string of the molecule is C[C@@]1(COC(F)F)Nc2c(cnc3c2ccn3S(=O)(=O)c2ccccc2)NC1=O. The van der Waals surface area contributed by atoms with E-state index in [1.165, 1.54) is 37.5 Å². The summed E-state index contributed by atoms with van der Waals surface area (Å²) in [5, 5.41) is 5.91. The fourth-order valence-electron chi connectivity index (χ4n) is 3.12. The van der Waals surface area contributed by atoms with E-state index in [9.17, 15) is 22.0 Å². The van der Waals surface area contributed by atoms with Crippen molar-refractivity contribution in [3.05, 3.63) is 48.8 Å². The number of fused-ring (bicyclic) bond motifs is 3. The molecule has 3 heterocycles. The van der Waals surface area contributed by atoms with Crippen LogP contribution in [-0.2, 0) is 19.6 Å². The number of amides is 1. The van der Waals surface area contributed by atoms with Gasteiger partial charge in [0.2, 0.25) is 0 Å². The number of benzene rings is 1. The number of carbonyl (C=O) groups excluding carboxylic acids is 1. The highest BCUT2D eigenvalue weighted by Crippen LogP contribution is 2.37. The number of nitrogens with zero attached hydrogens (tertiary/aromatic N) is 2. The zero-order chi connectivity index (χ0) is 20.8. The number of nitrogens with one attached hydrogen (secondary N) is 2. The van der Waals surface area contributed by atoms with E-state index < -0.39 is 34.7 Å². The van der Waals surface area contributed by atoms with Gasteiger partial charge in [-0.05, 0) is 25.1 Å². The monoisotopic (exact) mass is 422 g/mol. The average Bonchev–Trinajstić information content (AvgIpc) is 3.14. The summed E-state index contributed by atoms with van der Waals surface area (Å²) >= 11 is 0. The van der Waals surface area contributed by atoms with Crippen molar-refractivity contribution in [3.8, 4) is 0 Å². The number of ether oxygens (including phenoxy) is 1. The van der Waals surface area contributed by atoms with E-state index in [0.717, 1.165) is 3.97 Å². The molecular weight excluding hydrogens is 406 g/mol. The quantitative estimate of drug-likeness (QED) is 0.655. The third-order valence-corrected chi connectivity index (χ3v) is 6.31. The van der Waals surface area contributed by atoms with Gasteiger partial charge in [0, 0.05) is 11.6 Å². The van der Waals surface area contributed by atoms with Crippen LogP contribution >= 0.6 is 0 Å². The van der Waals surface area contributed by atoms with Crippen LogP contribution in [0.5, 0.6) is 0 Å². The molecule has 11 heteroatoms. The molecule has 1 aliphatic heterocycles. The first-order valence-electron chi connectivity index (χ1n) is 8.52. The number of halogens is 2. The van der Waals surface area contributed by atoms with Gasteiger partial charge >= 0.3 is 6.61 Å². The minimum Gasteiger partial charge on any atom is -0.367 e. The van der Waals surface area contributed by atoms with Crippen LogP contribution in [0.3, 0.4) is 0 Å². The maximum Gasteiger partial charge on any atom is 0.345 e. The summed E-state index contributed by atoms with van der Waals surface area (Å²) in [6.07, 6.45) is 2.67. The maximum absolute atomic E-state index is 13.0. The van der Waals surface area contributed by atoms with Gasteiger partial charge < -0.3 is 15.4 Å². The molecule has 1 aliphatic rings. The number of rotatable bonds is 5. The summed E-state index contributed by atoms with van der Waals surface area (Å²) in [5.74, 6) is -0.567. The Morgan fingerprint density at radius 3 is 2.66 bits per heavy atom. The highest BCUT2D eigenvalue weighted by Gasteiger charge is 2.40. The molecule has 0 saturated heterocycles. The van der Waals surface area contributed by atoms with Crippen LogP contribution in [0.4, 0.5) is 20.2 Å². The van der Waals surface area contributed by atoms with E-state index in [2.05, 4.69) is 20.4 Å². The Hall–Kier alpha value is -3.05. The average molecular weight is 422 g/mol. The molecule has 0 aliphatic carbocycles. The molecule has 0 saturated carbocycles. The fraction of sp³-hybridized carbons (Fsp3) is 0.222. The molecule has 1 atom stereocenters. The van der Waals surface area contributed by atoms with Crippen molar-refractivity contribution in [1.29, 1.82) is 0 Å². The summed E-state index contributed by atoms with van der Waals surface area (Å²) in [6, 6.07) is 9.39. The van der Waals surface area contributed by atoms with Crippen LogP contribution in [0.15, 0.2) is 53.7 Å². The summed E-state index contributed by atoms with van der Waals surface area (Å²) in [7, 11) is -3.89. The third kappa shape index (κ3) is 3.21. The molecule has 1 aromatic carbocycles. The Labute approximate surface area is 164 Å². The Morgan fingerprint density at radius 1 is 1.24 bits per heavy atom. The molecule has 2 N–H and O–H groups in total. The zero-order valence-electron chi connectivity index (χ0n) is 15.1. The Balaban J connectivity index is 1.80. The first-order chi connectivity index (χ1) is 13.7. The molecule has 29 heavy (non-hydrogen) atoms. The van der Waals surface area contributed by atoms with Gasteiger partial charge in [-0.1, -0.05) is 18.2 Å². The molecule has 0 spiro atoms. The number of aromatic nitrogens is 2. The second-order valence-electron chi connectivity index (χ2n) is 6.70. The van der Waals surface area contributed by atoms with Crippen LogP contribution < -0.4 is 10.6 Å². The van der Waals surface area contributed by atoms with Crippen molar-refractivity contribution in [3.63, 3.8) is 0 Å². The first kappa shape index (κ1) is 19.3. The molecule has 0 fully saturated rings. The van der Waals surface area contributed by atoms with Crippen LogP contribution in [0, 0.1) is 0 Å². The highest BCUT2D eigenvalue weighted by atomic mass is 32.2. The molecule has 3 aromatic rings. The van der Waals surface area contributed by atoms with E-state index in [4.69, 9.17) is 0 Å². The van der Waals surface area contributed by atoms with Crippen LogP contribution in [0.1, 0.15) is 6.92 Å². The zero-order valence-corrected chi connectivity index (χ0v) is 15.9. The number of hydrogen-bond acceptors (Lipinski definition) is 6. The number of anilines is 2. The number of pyridine rings is 1. The summed E-state index contributed by atoms with van der Waals surface area (Å²) in [6.45, 7) is -2.20. The van der Waals surface area contributed by atoms with Crippen molar-refractivity contribution < 1.29 is 26.7 Å². The van der Waals surface area contributed by atoms with Gasteiger partial charge in [-0.2, -0.15) is 8.78 Å². The lowest BCUT2D eigenvalue weighted by atomic mass is 9.98. The van der Waals surface area contributed by atoms with Gasteiger partial charge in [-0.15, -0.1) is 0 Å². The molecule has 2 aromatic heterocycles. The normalized spacial score (nSPS) is 19.1. The fourth-order valence-corrected chi connectivity index (χ4v) is 4.44. The van der Waals surface area contributed by atoms with Gasteiger partial charge in [-0.3, -0.25) is 4.79 Å². The summed E-state index contributed by atoms with van der Waals surface area (Å²) in [5.41, 5.74) is -0.657. The Kier molecular flexibility index (Phi) is 4.50.